The fourth-order valence-electron chi connectivity index (χ4n) is 1.01. The Morgan fingerprint density at radius 1 is 1.21 bits per heavy atom. The molecule has 0 spiro atoms. The second-order valence-corrected chi connectivity index (χ2v) is 9.88. The van der Waals surface area contributed by atoms with Crippen molar-refractivity contribution in [3.8, 4) is 0 Å². The van der Waals surface area contributed by atoms with E-state index in [1.165, 1.54) is 0 Å². The first-order valence-electron chi connectivity index (χ1n) is 4.46. The average molecular weight is 272 g/mol. The van der Waals surface area contributed by atoms with Crippen LogP contribution in [-0.2, 0) is 0 Å². The van der Waals surface area contributed by atoms with E-state index in [1.807, 2.05) is 24.3 Å². The molecule has 0 aromatic heterocycles. The van der Waals surface area contributed by atoms with E-state index in [0.717, 1.165) is 10.0 Å². The van der Waals surface area contributed by atoms with Gasteiger partial charge in [-0.25, -0.2) is 0 Å². The van der Waals surface area contributed by atoms with Crippen molar-refractivity contribution in [2.75, 3.05) is 0 Å². The molecular weight excluding hydrogens is 258 g/mol. The summed E-state index contributed by atoms with van der Waals surface area (Å²) < 4.78 is 0.988. The van der Waals surface area contributed by atoms with Crippen LogP contribution < -0.4 is 4.98 Å². The SMILES string of the molecule is C[Si](C)(C)NC(=O)c1ccc(Br)cc1. The lowest BCUT2D eigenvalue weighted by atomic mass is 10.2. The number of halogens is 1. The van der Waals surface area contributed by atoms with E-state index in [4.69, 9.17) is 0 Å². The van der Waals surface area contributed by atoms with Crippen LogP contribution in [-0.4, -0.2) is 14.1 Å². The van der Waals surface area contributed by atoms with Crippen LogP contribution in [0.4, 0.5) is 0 Å². The van der Waals surface area contributed by atoms with Crippen molar-refractivity contribution in [1.29, 1.82) is 0 Å². The molecule has 0 saturated carbocycles. The molecule has 1 amide bonds. The predicted molar refractivity (Wildman–Crippen MR) is 65.0 cm³/mol. The molecule has 1 rings (SSSR count). The number of amides is 1. The van der Waals surface area contributed by atoms with Crippen LogP contribution in [0.25, 0.3) is 0 Å². The summed E-state index contributed by atoms with van der Waals surface area (Å²) in [5.41, 5.74) is 0.718. The molecule has 0 fully saturated rings. The van der Waals surface area contributed by atoms with Crippen LogP contribution in [0.1, 0.15) is 10.4 Å². The summed E-state index contributed by atoms with van der Waals surface area (Å²) in [5.74, 6) is 0.0247. The van der Waals surface area contributed by atoms with Gasteiger partial charge in [0.1, 0.15) is 8.24 Å². The van der Waals surface area contributed by atoms with Crippen LogP contribution in [0.15, 0.2) is 28.7 Å². The van der Waals surface area contributed by atoms with Crippen LogP contribution in [0.2, 0.25) is 19.6 Å². The summed E-state index contributed by atoms with van der Waals surface area (Å²) in [5, 5.41) is 0. The quantitative estimate of drug-likeness (QED) is 0.824. The van der Waals surface area contributed by atoms with Gasteiger partial charge in [-0.05, 0) is 24.3 Å². The van der Waals surface area contributed by atoms with Gasteiger partial charge in [0.05, 0.1) is 0 Å². The summed E-state index contributed by atoms with van der Waals surface area (Å²) >= 11 is 3.33. The molecule has 0 aliphatic heterocycles. The summed E-state index contributed by atoms with van der Waals surface area (Å²) in [6, 6.07) is 7.39. The summed E-state index contributed by atoms with van der Waals surface area (Å²) in [7, 11) is -1.53. The highest BCUT2D eigenvalue weighted by atomic mass is 79.9. The molecule has 0 radical (unpaired) electrons. The molecule has 1 N–H and O–H groups in total. The van der Waals surface area contributed by atoms with Crippen molar-refractivity contribution in [3.63, 3.8) is 0 Å². The molecule has 4 heteroatoms. The van der Waals surface area contributed by atoms with Gasteiger partial charge >= 0.3 is 0 Å². The Bertz CT molecular complexity index is 329. The number of hydrogen-bond donors (Lipinski definition) is 1. The lowest BCUT2D eigenvalue weighted by Gasteiger charge is -2.17. The van der Waals surface area contributed by atoms with Crippen LogP contribution in [0.5, 0.6) is 0 Å². The maximum Gasteiger partial charge on any atom is 0.243 e. The Morgan fingerprint density at radius 3 is 2.14 bits per heavy atom. The fraction of sp³-hybridized carbons (Fsp3) is 0.300. The molecule has 2 nitrogen and oxygen atoms in total. The normalized spacial score (nSPS) is 11.1. The van der Waals surface area contributed by atoms with Gasteiger partial charge in [0.25, 0.3) is 0 Å². The van der Waals surface area contributed by atoms with Gasteiger partial charge in [-0.1, -0.05) is 35.6 Å². The van der Waals surface area contributed by atoms with E-state index in [-0.39, 0.29) is 5.91 Å². The minimum absolute atomic E-state index is 0.0247. The molecular formula is C10H14BrNOSi. The first-order valence-corrected chi connectivity index (χ1v) is 8.76. The number of carbonyl (C=O) groups excluding carboxylic acids is 1. The van der Waals surface area contributed by atoms with Gasteiger partial charge in [-0.15, -0.1) is 0 Å². The number of carbonyl (C=O) groups is 1. The maximum atomic E-state index is 11.7. The molecule has 0 aliphatic carbocycles. The lowest BCUT2D eigenvalue weighted by Crippen LogP contribution is -2.45. The Hall–Kier alpha value is -0.613. The predicted octanol–water partition coefficient (Wildman–Crippen LogP) is 3.01. The van der Waals surface area contributed by atoms with Crippen molar-refractivity contribution in [2.24, 2.45) is 0 Å². The smallest absolute Gasteiger partial charge is 0.243 e. The maximum absolute atomic E-state index is 11.7. The minimum atomic E-state index is -1.53. The van der Waals surface area contributed by atoms with Crippen LogP contribution in [0, 0.1) is 0 Å². The molecule has 0 unspecified atom stereocenters. The van der Waals surface area contributed by atoms with E-state index < -0.39 is 8.24 Å². The Labute approximate surface area is 93.9 Å². The van der Waals surface area contributed by atoms with Gasteiger partial charge < -0.3 is 4.98 Å². The lowest BCUT2D eigenvalue weighted by molar-refractivity contribution is 0.0978. The van der Waals surface area contributed by atoms with Crippen molar-refractivity contribution in [1.82, 2.24) is 4.98 Å². The van der Waals surface area contributed by atoms with E-state index in [1.54, 1.807) is 0 Å². The van der Waals surface area contributed by atoms with Crippen LogP contribution >= 0.6 is 15.9 Å². The zero-order chi connectivity index (χ0) is 10.8. The number of rotatable bonds is 2. The zero-order valence-corrected chi connectivity index (χ0v) is 11.2. The fourth-order valence-corrected chi connectivity index (χ4v) is 2.10. The van der Waals surface area contributed by atoms with Crippen molar-refractivity contribution >= 4 is 30.1 Å². The Kier molecular flexibility index (Phi) is 3.50. The molecule has 14 heavy (non-hydrogen) atoms. The van der Waals surface area contributed by atoms with Gasteiger partial charge in [-0.3, -0.25) is 4.79 Å². The standard InChI is InChI=1S/C10H14BrNOSi/c1-14(2,3)12-10(13)8-4-6-9(11)7-5-8/h4-7H,1-3H3,(H,12,13). The molecule has 1 aromatic rings. The Balaban J connectivity index is 2.76. The highest BCUT2D eigenvalue weighted by Gasteiger charge is 2.17. The first-order chi connectivity index (χ1) is 6.38. The number of hydrogen-bond acceptors (Lipinski definition) is 1. The molecule has 1 aromatic carbocycles. The second kappa shape index (κ2) is 4.27. The number of benzene rings is 1. The summed E-state index contributed by atoms with van der Waals surface area (Å²) in [4.78, 5) is 14.7. The molecule has 0 atom stereocenters. The summed E-state index contributed by atoms with van der Waals surface area (Å²) in [6.45, 7) is 6.30. The Morgan fingerprint density at radius 2 is 1.71 bits per heavy atom. The van der Waals surface area contributed by atoms with Gasteiger partial charge in [0.15, 0.2) is 0 Å². The van der Waals surface area contributed by atoms with Gasteiger partial charge in [0, 0.05) is 10.0 Å². The van der Waals surface area contributed by atoms with E-state index in [9.17, 15) is 4.79 Å². The van der Waals surface area contributed by atoms with E-state index >= 15 is 0 Å². The first kappa shape index (κ1) is 11.5. The minimum Gasteiger partial charge on any atom is -0.378 e. The van der Waals surface area contributed by atoms with Gasteiger partial charge in [0.2, 0.25) is 5.91 Å². The van der Waals surface area contributed by atoms with Crippen LogP contribution in [0.3, 0.4) is 0 Å². The molecule has 0 aliphatic rings. The third kappa shape index (κ3) is 3.63. The third-order valence-electron chi connectivity index (χ3n) is 1.59. The average Bonchev–Trinajstić information content (AvgIpc) is 2.02. The molecule has 0 bridgehead atoms. The number of nitrogens with one attached hydrogen (secondary N) is 1. The highest BCUT2D eigenvalue weighted by molar-refractivity contribution is 9.10. The monoisotopic (exact) mass is 271 g/mol. The molecule has 76 valence electrons. The van der Waals surface area contributed by atoms with Gasteiger partial charge in [-0.2, -0.15) is 0 Å². The van der Waals surface area contributed by atoms with Crippen molar-refractivity contribution in [2.45, 2.75) is 19.6 Å². The van der Waals surface area contributed by atoms with Crippen molar-refractivity contribution < 1.29 is 4.79 Å². The highest BCUT2D eigenvalue weighted by Crippen LogP contribution is 2.10. The van der Waals surface area contributed by atoms with Crippen molar-refractivity contribution in [3.05, 3.63) is 34.3 Å². The largest absolute Gasteiger partial charge is 0.378 e. The topological polar surface area (TPSA) is 29.1 Å². The zero-order valence-electron chi connectivity index (χ0n) is 8.60. The van der Waals surface area contributed by atoms with E-state index in [2.05, 4.69) is 40.6 Å². The third-order valence-corrected chi connectivity index (χ3v) is 3.10. The summed E-state index contributed by atoms with van der Waals surface area (Å²) in [6.07, 6.45) is 0. The molecule has 0 heterocycles. The second-order valence-electron chi connectivity index (χ2n) is 4.21. The van der Waals surface area contributed by atoms with E-state index in [0.29, 0.717) is 0 Å². The molecule has 0 saturated heterocycles.